The van der Waals surface area contributed by atoms with E-state index in [1.165, 1.54) is 6.92 Å². The molecule has 0 heterocycles. The fourth-order valence-electron chi connectivity index (χ4n) is 1.04. The van der Waals surface area contributed by atoms with Crippen molar-refractivity contribution in [2.45, 2.75) is 32.7 Å². The van der Waals surface area contributed by atoms with Gasteiger partial charge in [-0.1, -0.05) is 6.92 Å². The van der Waals surface area contributed by atoms with Crippen molar-refractivity contribution in [3.05, 3.63) is 0 Å². The van der Waals surface area contributed by atoms with E-state index >= 15 is 0 Å². The largest absolute Gasteiger partial charge is 0.347 e. The molecule has 0 spiro atoms. The summed E-state index contributed by atoms with van der Waals surface area (Å²) in [6, 6.07) is -0.282. The van der Waals surface area contributed by atoms with Crippen molar-refractivity contribution in [3.8, 4) is 0 Å². The minimum absolute atomic E-state index is 0.115. The Morgan fingerprint density at radius 2 is 2.08 bits per heavy atom. The van der Waals surface area contributed by atoms with Crippen LogP contribution >= 0.6 is 11.8 Å². The van der Waals surface area contributed by atoms with Gasteiger partial charge in [0.1, 0.15) is 0 Å². The van der Waals surface area contributed by atoms with Crippen LogP contribution in [0.5, 0.6) is 0 Å². The number of hydrogen-bond acceptors (Lipinski definition) is 3. The lowest BCUT2D eigenvalue weighted by Gasteiger charge is -2.14. The van der Waals surface area contributed by atoms with Gasteiger partial charge in [0.2, 0.25) is 5.91 Å². The molecule has 3 nitrogen and oxygen atoms in total. The van der Waals surface area contributed by atoms with Crippen LogP contribution in [0.15, 0.2) is 0 Å². The zero-order chi connectivity index (χ0) is 10.3. The van der Waals surface area contributed by atoms with Crippen LogP contribution in [0.3, 0.4) is 0 Å². The Kier molecular flexibility index (Phi) is 6.68. The first-order valence-corrected chi connectivity index (χ1v) is 5.80. The highest BCUT2D eigenvalue weighted by Crippen LogP contribution is 2.03. The first-order chi connectivity index (χ1) is 6.11. The second kappa shape index (κ2) is 6.95. The topological polar surface area (TPSA) is 46.2 Å². The van der Waals surface area contributed by atoms with Crippen molar-refractivity contribution in [2.24, 2.45) is 0 Å². The molecule has 0 aliphatic heterocycles. The molecule has 0 bridgehead atoms. The summed E-state index contributed by atoms with van der Waals surface area (Å²) in [5, 5.41) is 2.66. The summed E-state index contributed by atoms with van der Waals surface area (Å²) in [5.41, 5.74) is 0. The van der Waals surface area contributed by atoms with E-state index in [0.717, 1.165) is 12.2 Å². The lowest BCUT2D eigenvalue weighted by atomic mass is 10.1. The summed E-state index contributed by atoms with van der Waals surface area (Å²) in [6.45, 7) is 3.26. The Morgan fingerprint density at radius 1 is 1.46 bits per heavy atom. The van der Waals surface area contributed by atoms with Crippen LogP contribution in [0.25, 0.3) is 0 Å². The molecule has 0 rings (SSSR count). The first kappa shape index (κ1) is 12.5. The van der Waals surface area contributed by atoms with Gasteiger partial charge < -0.3 is 5.32 Å². The molecular weight excluding hydrogens is 186 g/mol. The Balaban J connectivity index is 4.02. The van der Waals surface area contributed by atoms with Crippen LogP contribution in [0.1, 0.15) is 26.7 Å². The van der Waals surface area contributed by atoms with Crippen molar-refractivity contribution < 1.29 is 9.59 Å². The highest BCUT2D eigenvalue weighted by molar-refractivity contribution is 7.98. The Labute approximate surface area is 83.7 Å². The van der Waals surface area contributed by atoms with Gasteiger partial charge in [-0.3, -0.25) is 9.59 Å². The molecular formula is C9H17NO2S. The summed E-state index contributed by atoms with van der Waals surface area (Å²) >= 11 is 1.68. The van der Waals surface area contributed by atoms with Gasteiger partial charge in [0.15, 0.2) is 5.78 Å². The minimum Gasteiger partial charge on any atom is -0.347 e. The predicted octanol–water partition coefficient (Wildman–Crippen LogP) is 1.22. The molecule has 1 unspecified atom stereocenters. The first-order valence-electron chi connectivity index (χ1n) is 4.40. The van der Waals surface area contributed by atoms with E-state index in [0.29, 0.717) is 6.42 Å². The fourth-order valence-corrected chi connectivity index (χ4v) is 1.51. The number of nitrogens with one attached hydrogen (secondary N) is 1. The van der Waals surface area contributed by atoms with Crippen LogP contribution < -0.4 is 5.32 Å². The van der Waals surface area contributed by atoms with Gasteiger partial charge in [0.05, 0.1) is 6.04 Å². The fraction of sp³-hybridized carbons (Fsp3) is 0.778. The summed E-state index contributed by atoms with van der Waals surface area (Å²) in [4.78, 5) is 22.1. The van der Waals surface area contributed by atoms with Gasteiger partial charge >= 0.3 is 0 Å². The van der Waals surface area contributed by atoms with Crippen molar-refractivity contribution in [1.82, 2.24) is 5.32 Å². The molecule has 0 aliphatic rings. The van der Waals surface area contributed by atoms with Crippen LogP contribution in [-0.2, 0) is 9.59 Å². The molecule has 1 N–H and O–H groups in total. The van der Waals surface area contributed by atoms with Crippen molar-refractivity contribution >= 4 is 23.5 Å². The molecule has 0 saturated heterocycles. The number of Topliss-reactive ketones (excluding diaryl/α,β-unsaturated/α-hetero) is 1. The maximum absolute atomic E-state index is 11.3. The summed E-state index contributed by atoms with van der Waals surface area (Å²) in [6.07, 6.45) is 3.20. The molecule has 13 heavy (non-hydrogen) atoms. The molecule has 0 aromatic carbocycles. The number of thioether (sulfide) groups is 1. The number of hydrogen-bond donors (Lipinski definition) is 1. The van der Waals surface area contributed by atoms with Crippen LogP contribution in [0, 0.1) is 0 Å². The Hall–Kier alpha value is -0.510. The minimum atomic E-state index is -0.282. The molecule has 4 heteroatoms. The molecule has 1 amide bonds. The zero-order valence-corrected chi connectivity index (χ0v) is 9.24. The molecule has 0 aliphatic carbocycles. The Morgan fingerprint density at radius 3 is 2.46 bits per heavy atom. The molecule has 76 valence electrons. The van der Waals surface area contributed by atoms with E-state index in [9.17, 15) is 9.59 Å². The zero-order valence-electron chi connectivity index (χ0n) is 8.42. The number of rotatable bonds is 6. The third kappa shape index (κ3) is 5.69. The van der Waals surface area contributed by atoms with Crippen molar-refractivity contribution in [1.29, 1.82) is 0 Å². The smallest absolute Gasteiger partial charge is 0.217 e. The third-order valence-corrected chi connectivity index (χ3v) is 2.37. The standard InChI is InChI=1S/C9H17NO2S/c1-4-9(12)8(5-6-13-3)10-7(2)11/h8H,4-6H2,1-3H3,(H,10,11). The van der Waals surface area contributed by atoms with Gasteiger partial charge in [0, 0.05) is 13.3 Å². The van der Waals surface area contributed by atoms with Crippen molar-refractivity contribution in [3.63, 3.8) is 0 Å². The molecule has 0 aromatic rings. The third-order valence-electron chi connectivity index (χ3n) is 1.73. The van der Waals surface area contributed by atoms with E-state index < -0.39 is 0 Å². The molecule has 1 atom stereocenters. The average Bonchev–Trinajstić information content (AvgIpc) is 2.10. The second-order valence-electron chi connectivity index (χ2n) is 2.85. The Bertz CT molecular complexity index is 182. The van der Waals surface area contributed by atoms with E-state index in [-0.39, 0.29) is 17.7 Å². The van der Waals surface area contributed by atoms with E-state index in [1.807, 2.05) is 13.2 Å². The maximum Gasteiger partial charge on any atom is 0.217 e. The predicted molar refractivity (Wildman–Crippen MR) is 55.9 cm³/mol. The molecule has 0 aromatic heterocycles. The van der Waals surface area contributed by atoms with Crippen LogP contribution in [0.2, 0.25) is 0 Å². The lowest BCUT2D eigenvalue weighted by molar-refractivity contribution is -0.126. The number of ketones is 1. The SMILES string of the molecule is CCC(=O)C(CCSC)NC(C)=O. The number of carbonyl (C=O) groups excluding carboxylic acids is 2. The summed E-state index contributed by atoms with van der Waals surface area (Å²) < 4.78 is 0. The number of amides is 1. The monoisotopic (exact) mass is 203 g/mol. The van der Waals surface area contributed by atoms with E-state index in [1.54, 1.807) is 11.8 Å². The molecule has 0 fully saturated rings. The maximum atomic E-state index is 11.3. The second-order valence-corrected chi connectivity index (χ2v) is 3.84. The van der Waals surface area contributed by atoms with Crippen LogP contribution in [-0.4, -0.2) is 29.7 Å². The normalized spacial score (nSPS) is 12.2. The van der Waals surface area contributed by atoms with Gasteiger partial charge in [-0.25, -0.2) is 0 Å². The highest BCUT2D eigenvalue weighted by atomic mass is 32.2. The van der Waals surface area contributed by atoms with Gasteiger partial charge in [-0.15, -0.1) is 0 Å². The average molecular weight is 203 g/mol. The van der Waals surface area contributed by atoms with E-state index in [4.69, 9.17) is 0 Å². The molecule has 0 radical (unpaired) electrons. The van der Waals surface area contributed by atoms with Gasteiger partial charge in [-0.2, -0.15) is 11.8 Å². The molecule has 0 saturated carbocycles. The summed E-state index contributed by atoms with van der Waals surface area (Å²) in [7, 11) is 0. The summed E-state index contributed by atoms with van der Waals surface area (Å²) in [5.74, 6) is 0.883. The van der Waals surface area contributed by atoms with Crippen LogP contribution in [0.4, 0.5) is 0 Å². The lowest BCUT2D eigenvalue weighted by Crippen LogP contribution is -2.39. The van der Waals surface area contributed by atoms with Crippen molar-refractivity contribution in [2.75, 3.05) is 12.0 Å². The van der Waals surface area contributed by atoms with Gasteiger partial charge in [0.25, 0.3) is 0 Å². The van der Waals surface area contributed by atoms with E-state index in [2.05, 4.69) is 5.32 Å². The number of carbonyl (C=O) groups is 2. The highest BCUT2D eigenvalue weighted by Gasteiger charge is 2.16. The quantitative estimate of drug-likeness (QED) is 0.706. The van der Waals surface area contributed by atoms with Gasteiger partial charge in [-0.05, 0) is 18.4 Å².